The van der Waals surface area contributed by atoms with E-state index in [1.807, 2.05) is 27.2 Å². The van der Waals surface area contributed by atoms with Crippen LogP contribution < -0.4 is 5.32 Å². The Morgan fingerprint density at radius 2 is 0.725 bits per heavy atom. The van der Waals surface area contributed by atoms with Gasteiger partial charge >= 0.3 is 7.82 Å². The molecule has 0 spiro atoms. The Bertz CT molecular complexity index is 1490. The summed E-state index contributed by atoms with van der Waals surface area (Å²) in [6.07, 6.45) is 85.2. The van der Waals surface area contributed by atoms with Gasteiger partial charge in [0.05, 0.1) is 39.9 Å². The maximum atomic E-state index is 13.0. The number of unbranched alkanes of at least 4 members (excludes halogenated alkanes) is 43. The van der Waals surface area contributed by atoms with E-state index in [4.69, 9.17) is 9.05 Å². The first kappa shape index (κ1) is 78.2. The highest BCUT2D eigenvalue weighted by Crippen LogP contribution is 2.43. The predicted octanol–water partition coefficient (Wildman–Crippen LogP) is 22.0. The van der Waals surface area contributed by atoms with E-state index < -0.39 is 20.0 Å². The Morgan fingerprint density at radius 3 is 1.07 bits per heavy atom. The topological polar surface area (TPSA) is 105 Å². The molecular formula is C71H136N2O6P+. The number of quaternary nitrogens is 1. The molecule has 3 unspecified atom stereocenters. The molecule has 1 amide bonds. The highest BCUT2D eigenvalue weighted by Gasteiger charge is 2.28. The lowest BCUT2D eigenvalue weighted by Crippen LogP contribution is -2.45. The van der Waals surface area contributed by atoms with Crippen LogP contribution in [0.3, 0.4) is 0 Å². The third-order valence-electron chi connectivity index (χ3n) is 15.7. The summed E-state index contributed by atoms with van der Waals surface area (Å²) in [5, 5.41) is 14.0. The molecule has 0 bridgehead atoms. The number of phosphoric ester groups is 1. The Kier molecular flexibility index (Phi) is 60.4. The first-order valence-corrected chi connectivity index (χ1v) is 36.2. The number of carbonyl (C=O) groups excluding carboxylic acids is 1. The van der Waals surface area contributed by atoms with Crippen LogP contribution in [0, 0.1) is 0 Å². The fourth-order valence-corrected chi connectivity index (χ4v) is 11.0. The van der Waals surface area contributed by atoms with Gasteiger partial charge < -0.3 is 19.8 Å². The van der Waals surface area contributed by atoms with Crippen molar-refractivity contribution in [2.24, 2.45) is 0 Å². The predicted molar refractivity (Wildman–Crippen MR) is 350 cm³/mol. The van der Waals surface area contributed by atoms with Crippen LogP contribution in [0.4, 0.5) is 0 Å². The Morgan fingerprint density at radius 1 is 0.425 bits per heavy atom. The van der Waals surface area contributed by atoms with E-state index in [1.54, 1.807) is 6.08 Å². The van der Waals surface area contributed by atoms with Crippen LogP contribution >= 0.6 is 7.82 Å². The second-order valence-corrected chi connectivity index (χ2v) is 26.3. The van der Waals surface area contributed by atoms with Gasteiger partial charge in [0.15, 0.2) is 0 Å². The van der Waals surface area contributed by atoms with E-state index in [9.17, 15) is 19.4 Å². The molecule has 0 saturated carbocycles. The molecule has 0 aliphatic heterocycles. The lowest BCUT2D eigenvalue weighted by Gasteiger charge is -2.25. The Labute approximate surface area is 498 Å². The van der Waals surface area contributed by atoms with Crippen LogP contribution in [-0.4, -0.2) is 73.4 Å². The number of aliphatic hydroxyl groups is 1. The van der Waals surface area contributed by atoms with Gasteiger partial charge in [-0.25, -0.2) is 4.57 Å². The molecule has 8 nitrogen and oxygen atoms in total. The summed E-state index contributed by atoms with van der Waals surface area (Å²) < 4.78 is 23.8. The fourth-order valence-electron chi connectivity index (χ4n) is 10.3. The number of nitrogens with zero attached hydrogens (tertiary/aromatic N) is 1. The average molecular weight is 1140 g/mol. The minimum atomic E-state index is -4.37. The number of hydrogen-bond acceptors (Lipinski definition) is 5. The zero-order chi connectivity index (χ0) is 58.4. The highest BCUT2D eigenvalue weighted by atomic mass is 31.2. The smallest absolute Gasteiger partial charge is 0.387 e. The van der Waals surface area contributed by atoms with E-state index in [0.29, 0.717) is 17.4 Å². The molecular weight excluding hydrogens is 1010 g/mol. The van der Waals surface area contributed by atoms with Gasteiger partial charge in [-0.15, -0.1) is 0 Å². The Balaban J connectivity index is 4.13. The zero-order valence-electron chi connectivity index (χ0n) is 53.8. The van der Waals surface area contributed by atoms with Gasteiger partial charge in [0, 0.05) is 6.42 Å². The van der Waals surface area contributed by atoms with Gasteiger partial charge in [0.2, 0.25) is 5.91 Å². The molecule has 0 aliphatic rings. The van der Waals surface area contributed by atoms with Crippen LogP contribution in [0.15, 0.2) is 60.8 Å². The van der Waals surface area contributed by atoms with Crippen LogP contribution in [0.25, 0.3) is 0 Å². The minimum absolute atomic E-state index is 0.0532. The third-order valence-corrected chi connectivity index (χ3v) is 16.7. The van der Waals surface area contributed by atoms with Crippen molar-refractivity contribution in [3.8, 4) is 0 Å². The van der Waals surface area contributed by atoms with E-state index in [1.165, 1.54) is 263 Å². The van der Waals surface area contributed by atoms with Crippen molar-refractivity contribution < 1.29 is 32.9 Å². The first-order chi connectivity index (χ1) is 39.0. The molecule has 3 N–H and O–H groups in total. The second kappa shape index (κ2) is 61.8. The molecule has 0 fully saturated rings. The number of nitrogens with one attached hydrogen (secondary N) is 1. The van der Waals surface area contributed by atoms with Gasteiger partial charge in [0.25, 0.3) is 0 Å². The van der Waals surface area contributed by atoms with Crippen LogP contribution in [0.1, 0.15) is 335 Å². The van der Waals surface area contributed by atoms with Crippen molar-refractivity contribution in [2.75, 3.05) is 40.9 Å². The number of rotatable bonds is 64. The standard InChI is InChI=1S/C71H135N2O6P/c1-6-8-10-12-14-16-18-20-22-24-26-28-30-32-34-36-38-40-42-44-46-48-50-52-54-56-58-60-62-64-70(74)69(68-79-80(76,77)78-67-66-73(3,4)5)72-71(75)65-63-61-59-57-55-53-51-49-47-45-43-41-39-37-35-33-31-29-27-25-23-21-19-17-15-13-11-9-7-2/h19,21,25,27,46,48,54,56,62,64,69-70,74H,6-18,20,22-24,26,28-45,47,49-53,55,57-61,63,65-68H2,1-5H3,(H-,72,75,76,77)/p+1/b21-19-,27-25-,48-46+,56-54+,64-62+. The molecule has 0 radical (unpaired) electrons. The molecule has 3 atom stereocenters. The third kappa shape index (κ3) is 63.8. The number of carbonyl (C=O) groups is 1. The summed E-state index contributed by atoms with van der Waals surface area (Å²) in [4.78, 5) is 23.4. The van der Waals surface area contributed by atoms with Crippen molar-refractivity contribution in [1.29, 1.82) is 0 Å². The molecule has 0 rings (SSSR count). The van der Waals surface area contributed by atoms with Crippen molar-refractivity contribution in [3.05, 3.63) is 60.8 Å². The van der Waals surface area contributed by atoms with Gasteiger partial charge in [0.1, 0.15) is 13.2 Å². The normalized spacial score (nSPS) is 14.0. The lowest BCUT2D eigenvalue weighted by molar-refractivity contribution is -0.870. The number of aliphatic hydroxyl groups excluding tert-OH is 1. The van der Waals surface area contributed by atoms with E-state index >= 15 is 0 Å². The molecule has 0 aliphatic carbocycles. The molecule has 0 aromatic heterocycles. The molecule has 0 heterocycles. The second-order valence-electron chi connectivity index (χ2n) is 24.9. The minimum Gasteiger partial charge on any atom is -0.387 e. The molecule has 0 saturated heterocycles. The van der Waals surface area contributed by atoms with Gasteiger partial charge in [-0.3, -0.25) is 13.8 Å². The van der Waals surface area contributed by atoms with Gasteiger partial charge in [-0.1, -0.05) is 312 Å². The van der Waals surface area contributed by atoms with E-state index in [-0.39, 0.29) is 19.1 Å². The summed E-state index contributed by atoms with van der Waals surface area (Å²) in [6.45, 7) is 4.82. The lowest BCUT2D eigenvalue weighted by atomic mass is 10.0. The van der Waals surface area contributed by atoms with E-state index in [0.717, 1.165) is 51.4 Å². The quantitative estimate of drug-likeness (QED) is 0.0243. The number of amides is 1. The maximum Gasteiger partial charge on any atom is 0.472 e. The average Bonchev–Trinajstić information content (AvgIpc) is 3.42. The van der Waals surface area contributed by atoms with Gasteiger partial charge in [-0.2, -0.15) is 0 Å². The van der Waals surface area contributed by atoms with Crippen molar-refractivity contribution in [3.63, 3.8) is 0 Å². The van der Waals surface area contributed by atoms with Crippen LogP contribution in [0.2, 0.25) is 0 Å². The molecule has 470 valence electrons. The van der Waals surface area contributed by atoms with Crippen molar-refractivity contribution >= 4 is 13.7 Å². The summed E-state index contributed by atoms with van der Waals surface area (Å²) >= 11 is 0. The molecule has 0 aromatic carbocycles. The zero-order valence-corrected chi connectivity index (χ0v) is 54.7. The van der Waals surface area contributed by atoms with Crippen molar-refractivity contribution in [1.82, 2.24) is 5.32 Å². The largest absolute Gasteiger partial charge is 0.472 e. The van der Waals surface area contributed by atoms with Gasteiger partial charge in [-0.05, 0) is 77.0 Å². The highest BCUT2D eigenvalue weighted by molar-refractivity contribution is 7.47. The summed E-state index contributed by atoms with van der Waals surface area (Å²) in [5.74, 6) is -0.187. The monoisotopic (exact) mass is 1140 g/mol. The molecule has 0 aromatic rings. The molecule has 80 heavy (non-hydrogen) atoms. The van der Waals surface area contributed by atoms with Crippen LogP contribution in [0.5, 0.6) is 0 Å². The number of phosphoric acid groups is 1. The maximum absolute atomic E-state index is 13.0. The van der Waals surface area contributed by atoms with E-state index in [2.05, 4.69) is 67.8 Å². The Hall–Kier alpha value is -1.80. The summed E-state index contributed by atoms with van der Waals surface area (Å²) in [5.41, 5.74) is 0. The van der Waals surface area contributed by atoms with Crippen LogP contribution in [-0.2, 0) is 18.4 Å². The summed E-state index contributed by atoms with van der Waals surface area (Å²) in [7, 11) is 1.55. The number of hydrogen-bond donors (Lipinski definition) is 3. The molecule has 9 heteroatoms. The van der Waals surface area contributed by atoms with Crippen molar-refractivity contribution in [2.45, 2.75) is 347 Å². The fraction of sp³-hybridized carbons (Fsp3) is 0.845. The number of likely N-dealkylation sites (N-methyl/N-ethyl adjacent to an activating group) is 1. The summed E-state index contributed by atoms with van der Waals surface area (Å²) in [6, 6.07) is -0.873. The first-order valence-electron chi connectivity index (χ1n) is 34.7. The SMILES string of the molecule is CCCCCCC/C=C\C/C=C\CCCCCCCCCCCCCCCCCCCC(=O)NC(COP(=O)(O)OCC[N+](C)(C)C)C(O)/C=C/CC/C=C/CC/C=C/CCCCCCCCCCCCCCCCCCCCC. The number of allylic oxidation sites excluding steroid dienone is 9.